The molecule has 1 heterocycles. The number of nitrogens with zero attached hydrogens (tertiary/aromatic N) is 2. The molecule has 0 unspecified atom stereocenters. The standard InChI is InChI=1S/C7H6F3N2/c1-5-6(4-7(8,9)10)12-3-2-11-5/h2-3H,1,4H2. The van der Waals surface area contributed by atoms with Gasteiger partial charge in [0.15, 0.2) is 0 Å². The van der Waals surface area contributed by atoms with Crippen LogP contribution in [0.15, 0.2) is 12.4 Å². The van der Waals surface area contributed by atoms with Gasteiger partial charge < -0.3 is 0 Å². The smallest absolute Gasteiger partial charge is 0.258 e. The molecule has 1 rings (SSSR count). The van der Waals surface area contributed by atoms with Gasteiger partial charge in [0.05, 0.1) is 17.8 Å². The maximum Gasteiger partial charge on any atom is 0.394 e. The summed E-state index contributed by atoms with van der Waals surface area (Å²) in [6.07, 6.45) is -2.79. The lowest BCUT2D eigenvalue weighted by Gasteiger charge is -2.06. The summed E-state index contributed by atoms with van der Waals surface area (Å²) in [6, 6.07) is 0. The minimum absolute atomic E-state index is 0.0785. The SMILES string of the molecule is [CH2]c1nccnc1CC(F)(F)F. The minimum atomic E-state index is -4.25. The lowest BCUT2D eigenvalue weighted by atomic mass is 10.2. The molecule has 0 aliphatic carbocycles. The highest BCUT2D eigenvalue weighted by atomic mass is 19.4. The molecule has 0 aliphatic heterocycles. The first kappa shape index (κ1) is 8.96. The summed E-state index contributed by atoms with van der Waals surface area (Å²) in [7, 11) is 0. The van der Waals surface area contributed by atoms with Crippen LogP contribution in [0.2, 0.25) is 0 Å². The Kier molecular flexibility index (Phi) is 2.30. The molecule has 5 heteroatoms. The Bertz CT molecular complexity index is 270. The molecule has 0 spiro atoms. The van der Waals surface area contributed by atoms with Crippen LogP contribution in [0, 0.1) is 6.92 Å². The van der Waals surface area contributed by atoms with Gasteiger partial charge in [0, 0.05) is 12.4 Å². The van der Waals surface area contributed by atoms with Crippen LogP contribution in [-0.4, -0.2) is 16.1 Å². The van der Waals surface area contributed by atoms with Crippen molar-refractivity contribution in [2.75, 3.05) is 0 Å². The van der Waals surface area contributed by atoms with Gasteiger partial charge in [0.2, 0.25) is 0 Å². The summed E-state index contributed by atoms with van der Waals surface area (Å²) < 4.78 is 35.5. The van der Waals surface area contributed by atoms with Gasteiger partial charge in [-0.05, 0) is 6.92 Å². The van der Waals surface area contributed by atoms with Crippen LogP contribution in [-0.2, 0) is 6.42 Å². The fourth-order valence-electron chi connectivity index (χ4n) is 0.733. The monoisotopic (exact) mass is 175 g/mol. The maximum absolute atomic E-state index is 11.8. The Morgan fingerprint density at radius 3 is 2.33 bits per heavy atom. The predicted octanol–water partition coefficient (Wildman–Crippen LogP) is 1.76. The van der Waals surface area contributed by atoms with E-state index in [4.69, 9.17) is 0 Å². The van der Waals surface area contributed by atoms with Gasteiger partial charge in [-0.1, -0.05) is 0 Å². The Morgan fingerprint density at radius 1 is 1.25 bits per heavy atom. The van der Waals surface area contributed by atoms with Crippen LogP contribution in [0.3, 0.4) is 0 Å². The number of hydrogen-bond donors (Lipinski definition) is 0. The number of aromatic nitrogens is 2. The van der Waals surface area contributed by atoms with Crippen LogP contribution >= 0.6 is 0 Å². The van der Waals surface area contributed by atoms with Crippen LogP contribution in [0.4, 0.5) is 13.2 Å². The maximum atomic E-state index is 11.8. The van der Waals surface area contributed by atoms with E-state index in [9.17, 15) is 13.2 Å². The number of rotatable bonds is 1. The number of hydrogen-bond acceptors (Lipinski definition) is 2. The van der Waals surface area contributed by atoms with Crippen molar-refractivity contribution in [3.8, 4) is 0 Å². The third kappa shape index (κ3) is 2.48. The Morgan fingerprint density at radius 2 is 1.83 bits per heavy atom. The predicted molar refractivity (Wildman–Crippen MR) is 36.3 cm³/mol. The molecule has 0 bridgehead atoms. The summed E-state index contributed by atoms with van der Waals surface area (Å²) in [6.45, 7) is 3.33. The van der Waals surface area contributed by atoms with Gasteiger partial charge in [-0.15, -0.1) is 0 Å². The molecule has 0 fully saturated rings. The van der Waals surface area contributed by atoms with Crippen molar-refractivity contribution in [2.45, 2.75) is 12.6 Å². The molecular weight excluding hydrogens is 169 g/mol. The number of halogens is 3. The van der Waals surface area contributed by atoms with E-state index in [-0.39, 0.29) is 11.4 Å². The van der Waals surface area contributed by atoms with Crippen molar-refractivity contribution < 1.29 is 13.2 Å². The van der Waals surface area contributed by atoms with E-state index in [1.54, 1.807) is 0 Å². The fraction of sp³-hybridized carbons (Fsp3) is 0.286. The van der Waals surface area contributed by atoms with Gasteiger partial charge >= 0.3 is 6.18 Å². The third-order valence-electron chi connectivity index (χ3n) is 1.23. The Balaban J connectivity index is 2.83. The van der Waals surface area contributed by atoms with Crippen LogP contribution in [0.25, 0.3) is 0 Å². The van der Waals surface area contributed by atoms with E-state index in [1.807, 2.05) is 0 Å². The van der Waals surface area contributed by atoms with Crippen molar-refractivity contribution >= 4 is 0 Å². The number of alkyl halides is 3. The van der Waals surface area contributed by atoms with E-state index in [0.29, 0.717) is 0 Å². The van der Waals surface area contributed by atoms with E-state index >= 15 is 0 Å². The summed E-state index contributed by atoms with van der Waals surface area (Å²) in [5, 5.41) is 0. The molecule has 1 aromatic heterocycles. The van der Waals surface area contributed by atoms with Crippen LogP contribution in [0.5, 0.6) is 0 Å². The van der Waals surface area contributed by atoms with Crippen molar-refractivity contribution in [1.82, 2.24) is 9.97 Å². The largest absolute Gasteiger partial charge is 0.394 e. The highest BCUT2D eigenvalue weighted by Gasteiger charge is 2.29. The molecule has 1 aromatic rings. The molecule has 0 saturated heterocycles. The molecule has 2 nitrogen and oxygen atoms in total. The fourth-order valence-corrected chi connectivity index (χ4v) is 0.733. The summed E-state index contributed by atoms with van der Waals surface area (Å²) >= 11 is 0. The molecule has 0 saturated carbocycles. The Labute approximate surface area is 67.5 Å². The first-order chi connectivity index (χ1) is 5.49. The third-order valence-corrected chi connectivity index (χ3v) is 1.23. The van der Waals surface area contributed by atoms with Gasteiger partial charge in [-0.25, -0.2) is 0 Å². The summed E-state index contributed by atoms with van der Waals surface area (Å²) in [4.78, 5) is 7.11. The topological polar surface area (TPSA) is 25.8 Å². The van der Waals surface area contributed by atoms with E-state index in [1.165, 1.54) is 12.4 Å². The second-order valence-corrected chi connectivity index (χ2v) is 2.24. The highest BCUT2D eigenvalue weighted by molar-refractivity contribution is 5.14. The van der Waals surface area contributed by atoms with Crippen molar-refractivity contribution in [2.24, 2.45) is 0 Å². The molecule has 65 valence electrons. The molecule has 0 atom stereocenters. The van der Waals surface area contributed by atoms with Crippen molar-refractivity contribution in [3.63, 3.8) is 0 Å². The molecule has 0 amide bonds. The molecule has 1 radical (unpaired) electrons. The normalized spacial score (nSPS) is 11.7. The quantitative estimate of drug-likeness (QED) is 0.649. The molecule has 12 heavy (non-hydrogen) atoms. The molecular formula is C7H6F3N2. The lowest BCUT2D eigenvalue weighted by molar-refractivity contribution is -0.127. The molecule has 0 aliphatic rings. The summed E-state index contributed by atoms with van der Waals surface area (Å²) in [5.41, 5.74) is -0.0418. The lowest BCUT2D eigenvalue weighted by Crippen LogP contribution is -2.14. The molecule has 0 N–H and O–H groups in total. The van der Waals surface area contributed by atoms with Crippen molar-refractivity contribution in [3.05, 3.63) is 30.7 Å². The second kappa shape index (κ2) is 3.08. The van der Waals surface area contributed by atoms with Crippen molar-refractivity contribution in [1.29, 1.82) is 0 Å². The highest BCUT2D eigenvalue weighted by Crippen LogP contribution is 2.20. The zero-order valence-corrected chi connectivity index (χ0v) is 6.10. The zero-order chi connectivity index (χ0) is 9.19. The van der Waals surface area contributed by atoms with Gasteiger partial charge in [-0.3, -0.25) is 9.97 Å². The second-order valence-electron chi connectivity index (χ2n) is 2.24. The van der Waals surface area contributed by atoms with E-state index in [2.05, 4.69) is 16.9 Å². The average molecular weight is 175 g/mol. The molecule has 0 aromatic carbocycles. The van der Waals surface area contributed by atoms with Crippen LogP contribution < -0.4 is 0 Å². The van der Waals surface area contributed by atoms with Crippen LogP contribution in [0.1, 0.15) is 11.4 Å². The zero-order valence-electron chi connectivity index (χ0n) is 6.10. The van der Waals surface area contributed by atoms with Gasteiger partial charge in [0.25, 0.3) is 0 Å². The Hall–Kier alpha value is -1.13. The first-order valence-electron chi connectivity index (χ1n) is 3.17. The van der Waals surface area contributed by atoms with Gasteiger partial charge in [-0.2, -0.15) is 13.2 Å². The van der Waals surface area contributed by atoms with E-state index in [0.717, 1.165) is 0 Å². The average Bonchev–Trinajstić information content (AvgIpc) is 1.91. The summed E-state index contributed by atoms with van der Waals surface area (Å²) in [5.74, 6) is 0. The van der Waals surface area contributed by atoms with Gasteiger partial charge in [0.1, 0.15) is 0 Å². The van der Waals surface area contributed by atoms with E-state index < -0.39 is 12.6 Å². The minimum Gasteiger partial charge on any atom is -0.258 e. The first-order valence-corrected chi connectivity index (χ1v) is 3.17.